The molecule has 0 saturated carbocycles. The fraction of sp³-hybridized carbons (Fsp3) is 0.700. The Labute approximate surface area is 82.8 Å². The van der Waals surface area contributed by atoms with Crippen LogP contribution in [0.1, 0.15) is 20.3 Å². The molecule has 2 aliphatic rings. The number of carbonyl (C=O) groups excluding carboxylic acids is 2. The summed E-state index contributed by atoms with van der Waals surface area (Å²) in [5.74, 6) is 0.331. The molecule has 0 spiro atoms. The molecule has 0 aromatic heterocycles. The number of hydrogen-bond acceptors (Lipinski definition) is 2. The third-order valence-electron chi connectivity index (χ3n) is 3.04. The average molecular weight is 194 g/mol. The van der Waals surface area contributed by atoms with Gasteiger partial charge in [0.1, 0.15) is 0 Å². The maximum atomic E-state index is 11.6. The number of nitrogens with one attached hydrogen (secondary N) is 1. The standard InChI is InChI=1S/C10H14N2O2/c1-5(2)9-6-3-8(13)11-4-7(6)12-10(9)14/h4-7,9H,3H2,1-2H3,(H,12,14). The summed E-state index contributed by atoms with van der Waals surface area (Å²) in [6.07, 6.45) is 1.99. The Hall–Kier alpha value is -1.19. The number of nitrogens with zero attached hydrogens (tertiary/aromatic N) is 1. The van der Waals surface area contributed by atoms with Crippen molar-refractivity contribution in [3.05, 3.63) is 0 Å². The van der Waals surface area contributed by atoms with Gasteiger partial charge in [0.05, 0.1) is 6.04 Å². The van der Waals surface area contributed by atoms with Gasteiger partial charge in [-0.3, -0.25) is 9.59 Å². The normalized spacial score (nSPS) is 36.1. The van der Waals surface area contributed by atoms with Gasteiger partial charge in [-0.05, 0) is 5.92 Å². The zero-order chi connectivity index (χ0) is 10.3. The van der Waals surface area contributed by atoms with Crippen molar-refractivity contribution in [2.75, 3.05) is 0 Å². The highest BCUT2D eigenvalue weighted by Crippen LogP contribution is 2.33. The summed E-state index contributed by atoms with van der Waals surface area (Å²) in [7, 11) is 0. The fourth-order valence-corrected chi connectivity index (χ4v) is 2.40. The van der Waals surface area contributed by atoms with Crippen molar-refractivity contribution in [3.8, 4) is 0 Å². The van der Waals surface area contributed by atoms with E-state index < -0.39 is 0 Å². The van der Waals surface area contributed by atoms with Gasteiger partial charge >= 0.3 is 0 Å². The van der Waals surface area contributed by atoms with Crippen LogP contribution in [0.15, 0.2) is 4.99 Å². The molecule has 2 aliphatic heterocycles. The first-order valence-electron chi connectivity index (χ1n) is 4.97. The molecule has 4 heteroatoms. The minimum absolute atomic E-state index is 0.0207. The summed E-state index contributed by atoms with van der Waals surface area (Å²) >= 11 is 0. The second-order valence-electron chi connectivity index (χ2n) is 4.34. The predicted molar refractivity (Wildman–Crippen MR) is 51.9 cm³/mol. The Kier molecular flexibility index (Phi) is 2.13. The van der Waals surface area contributed by atoms with Crippen molar-refractivity contribution < 1.29 is 9.59 Å². The molecule has 1 N–H and O–H groups in total. The minimum atomic E-state index is -0.103. The zero-order valence-corrected chi connectivity index (χ0v) is 8.36. The summed E-state index contributed by atoms with van der Waals surface area (Å²) < 4.78 is 0. The Morgan fingerprint density at radius 1 is 1.50 bits per heavy atom. The van der Waals surface area contributed by atoms with Crippen LogP contribution >= 0.6 is 0 Å². The second kappa shape index (κ2) is 3.19. The molecule has 3 atom stereocenters. The highest BCUT2D eigenvalue weighted by atomic mass is 16.2. The van der Waals surface area contributed by atoms with Gasteiger partial charge < -0.3 is 5.32 Å². The third kappa shape index (κ3) is 1.35. The maximum absolute atomic E-state index is 11.6. The van der Waals surface area contributed by atoms with Crippen molar-refractivity contribution in [2.24, 2.45) is 22.7 Å². The van der Waals surface area contributed by atoms with E-state index in [1.807, 2.05) is 13.8 Å². The molecular formula is C10H14N2O2. The highest BCUT2D eigenvalue weighted by molar-refractivity contribution is 5.96. The monoisotopic (exact) mass is 194 g/mol. The van der Waals surface area contributed by atoms with E-state index in [0.29, 0.717) is 6.42 Å². The largest absolute Gasteiger partial charge is 0.348 e. The second-order valence-corrected chi connectivity index (χ2v) is 4.34. The van der Waals surface area contributed by atoms with Crippen LogP contribution in [0.25, 0.3) is 0 Å². The van der Waals surface area contributed by atoms with Crippen LogP contribution in [0.2, 0.25) is 0 Å². The zero-order valence-electron chi connectivity index (χ0n) is 8.36. The molecule has 4 nitrogen and oxygen atoms in total. The first-order valence-corrected chi connectivity index (χ1v) is 4.97. The highest BCUT2D eigenvalue weighted by Gasteiger charge is 2.45. The van der Waals surface area contributed by atoms with Crippen molar-refractivity contribution in [3.63, 3.8) is 0 Å². The van der Waals surface area contributed by atoms with E-state index in [1.165, 1.54) is 0 Å². The molecule has 0 aromatic carbocycles. The van der Waals surface area contributed by atoms with Gasteiger partial charge in [-0.25, -0.2) is 4.99 Å². The number of rotatable bonds is 1. The number of fused-ring (bicyclic) bond motifs is 1. The van der Waals surface area contributed by atoms with Gasteiger partial charge in [-0.15, -0.1) is 0 Å². The molecule has 0 bridgehead atoms. The lowest BCUT2D eigenvalue weighted by molar-refractivity contribution is -0.124. The van der Waals surface area contributed by atoms with Gasteiger partial charge in [-0.1, -0.05) is 13.8 Å². The lowest BCUT2D eigenvalue weighted by Crippen LogP contribution is -2.34. The third-order valence-corrected chi connectivity index (χ3v) is 3.04. The van der Waals surface area contributed by atoms with Crippen LogP contribution in [-0.2, 0) is 9.59 Å². The molecule has 0 aromatic rings. The molecule has 14 heavy (non-hydrogen) atoms. The first kappa shape index (κ1) is 9.37. The van der Waals surface area contributed by atoms with E-state index in [4.69, 9.17) is 0 Å². The number of hydrogen-bond donors (Lipinski definition) is 1. The van der Waals surface area contributed by atoms with E-state index in [9.17, 15) is 9.59 Å². The Bertz CT molecular complexity index is 309. The van der Waals surface area contributed by atoms with Gasteiger partial charge in [0, 0.05) is 24.5 Å². The van der Waals surface area contributed by atoms with Crippen LogP contribution in [0, 0.1) is 17.8 Å². The minimum Gasteiger partial charge on any atom is -0.348 e. The molecule has 2 heterocycles. The van der Waals surface area contributed by atoms with Gasteiger partial charge in [-0.2, -0.15) is 0 Å². The van der Waals surface area contributed by atoms with Gasteiger partial charge in [0.15, 0.2) is 0 Å². The Morgan fingerprint density at radius 2 is 2.21 bits per heavy atom. The molecule has 2 rings (SSSR count). The summed E-state index contributed by atoms with van der Waals surface area (Å²) in [6, 6.07) is -0.0207. The molecular weight excluding hydrogens is 180 g/mol. The van der Waals surface area contributed by atoms with Crippen molar-refractivity contribution in [1.29, 1.82) is 0 Å². The molecule has 1 saturated heterocycles. The fourth-order valence-electron chi connectivity index (χ4n) is 2.40. The van der Waals surface area contributed by atoms with Crippen molar-refractivity contribution in [1.82, 2.24) is 5.32 Å². The summed E-state index contributed by atoms with van der Waals surface area (Å²) in [6.45, 7) is 4.03. The smallest absolute Gasteiger partial charge is 0.245 e. The van der Waals surface area contributed by atoms with Crippen molar-refractivity contribution in [2.45, 2.75) is 26.3 Å². The average Bonchev–Trinajstić information content (AvgIpc) is 2.40. The lowest BCUT2D eigenvalue weighted by Gasteiger charge is -2.23. The number of amides is 2. The summed E-state index contributed by atoms with van der Waals surface area (Å²) in [4.78, 5) is 26.5. The van der Waals surface area contributed by atoms with Crippen molar-refractivity contribution >= 4 is 18.0 Å². The van der Waals surface area contributed by atoms with Crippen LogP contribution < -0.4 is 5.32 Å². The molecule has 2 amide bonds. The number of aliphatic imine (C=N–C) groups is 1. The van der Waals surface area contributed by atoms with E-state index in [0.717, 1.165) is 0 Å². The van der Waals surface area contributed by atoms with Gasteiger partial charge in [0.25, 0.3) is 0 Å². The Morgan fingerprint density at radius 3 is 2.86 bits per heavy atom. The molecule has 0 aliphatic carbocycles. The number of carbonyl (C=O) groups is 2. The molecule has 3 unspecified atom stereocenters. The molecule has 1 fully saturated rings. The molecule has 76 valence electrons. The van der Waals surface area contributed by atoms with Crippen LogP contribution in [0.4, 0.5) is 0 Å². The SMILES string of the molecule is CC(C)C1C(=O)NC2C=NC(=O)CC21. The van der Waals surface area contributed by atoms with E-state index in [2.05, 4.69) is 10.3 Å². The molecule has 0 radical (unpaired) electrons. The Balaban J connectivity index is 2.25. The topological polar surface area (TPSA) is 58.5 Å². The quantitative estimate of drug-likeness (QED) is 0.655. The summed E-state index contributed by atoms with van der Waals surface area (Å²) in [5, 5.41) is 2.87. The van der Waals surface area contributed by atoms with E-state index in [1.54, 1.807) is 6.21 Å². The van der Waals surface area contributed by atoms with Gasteiger partial charge in [0.2, 0.25) is 11.8 Å². The predicted octanol–water partition coefficient (Wildman–Crippen LogP) is 0.374. The van der Waals surface area contributed by atoms with E-state index in [-0.39, 0.29) is 35.6 Å². The van der Waals surface area contributed by atoms with Crippen LogP contribution in [0.3, 0.4) is 0 Å². The lowest BCUT2D eigenvalue weighted by atomic mass is 9.80. The van der Waals surface area contributed by atoms with Crippen LogP contribution in [-0.4, -0.2) is 24.1 Å². The van der Waals surface area contributed by atoms with E-state index >= 15 is 0 Å². The van der Waals surface area contributed by atoms with Crippen LogP contribution in [0.5, 0.6) is 0 Å². The summed E-state index contributed by atoms with van der Waals surface area (Å²) in [5.41, 5.74) is 0. The maximum Gasteiger partial charge on any atom is 0.245 e. The first-order chi connectivity index (χ1) is 6.59.